The second-order valence-corrected chi connectivity index (χ2v) is 3.89. The highest BCUT2D eigenvalue weighted by Crippen LogP contribution is 2.09. The second-order valence-electron chi connectivity index (χ2n) is 3.89. The van der Waals surface area contributed by atoms with E-state index in [-0.39, 0.29) is 11.9 Å². The number of nitrogens with two attached hydrogens (primary N) is 1. The van der Waals surface area contributed by atoms with Gasteiger partial charge in [-0.25, -0.2) is 4.39 Å². The minimum atomic E-state index is -0.222. The van der Waals surface area contributed by atoms with Crippen LogP contribution in [-0.4, -0.2) is 9.78 Å². The fourth-order valence-electron chi connectivity index (χ4n) is 1.48. The van der Waals surface area contributed by atoms with Crippen molar-refractivity contribution in [1.29, 1.82) is 0 Å². The van der Waals surface area contributed by atoms with E-state index < -0.39 is 0 Å². The first-order chi connectivity index (χ1) is 7.65. The predicted octanol–water partition coefficient (Wildman–Crippen LogP) is 2.09. The van der Waals surface area contributed by atoms with Gasteiger partial charge in [-0.05, 0) is 24.6 Å². The molecule has 1 atom stereocenters. The van der Waals surface area contributed by atoms with Gasteiger partial charge in [0, 0.05) is 17.8 Å². The number of hydrogen-bond acceptors (Lipinski definition) is 2. The minimum absolute atomic E-state index is 0.0121. The second kappa shape index (κ2) is 4.45. The summed E-state index contributed by atoms with van der Waals surface area (Å²) in [6, 6.07) is 6.39. The molecule has 1 unspecified atom stereocenters. The summed E-state index contributed by atoms with van der Waals surface area (Å²) in [5.41, 5.74) is 7.75. The zero-order chi connectivity index (χ0) is 11.5. The van der Waals surface area contributed by atoms with Crippen molar-refractivity contribution in [2.45, 2.75) is 19.5 Å². The van der Waals surface area contributed by atoms with Gasteiger partial charge < -0.3 is 5.73 Å². The largest absolute Gasteiger partial charge is 0.324 e. The van der Waals surface area contributed by atoms with Crippen LogP contribution in [-0.2, 0) is 6.54 Å². The summed E-state index contributed by atoms with van der Waals surface area (Å²) < 4.78 is 14.5. The summed E-state index contributed by atoms with van der Waals surface area (Å²) in [6.07, 6.45) is 3.67. The van der Waals surface area contributed by atoms with Gasteiger partial charge in [-0.15, -0.1) is 0 Å². The van der Waals surface area contributed by atoms with Crippen LogP contribution in [0.2, 0.25) is 0 Å². The number of benzene rings is 1. The molecule has 0 aliphatic rings. The predicted molar refractivity (Wildman–Crippen MR) is 60.3 cm³/mol. The Labute approximate surface area is 93.7 Å². The molecule has 0 saturated carbocycles. The lowest BCUT2D eigenvalue weighted by Gasteiger charge is -2.02. The Hall–Kier alpha value is -1.68. The van der Waals surface area contributed by atoms with Gasteiger partial charge in [-0.1, -0.05) is 12.1 Å². The van der Waals surface area contributed by atoms with Crippen molar-refractivity contribution in [3.05, 3.63) is 53.6 Å². The maximum Gasteiger partial charge on any atom is 0.123 e. The zero-order valence-electron chi connectivity index (χ0n) is 9.10. The molecule has 0 fully saturated rings. The van der Waals surface area contributed by atoms with E-state index in [0.717, 1.165) is 11.1 Å². The lowest BCUT2D eigenvalue weighted by atomic mass is 10.2. The van der Waals surface area contributed by atoms with Gasteiger partial charge in [0.05, 0.1) is 12.7 Å². The molecular weight excluding hydrogens is 205 g/mol. The van der Waals surface area contributed by atoms with Gasteiger partial charge in [0.25, 0.3) is 0 Å². The highest BCUT2D eigenvalue weighted by molar-refractivity contribution is 5.17. The van der Waals surface area contributed by atoms with Gasteiger partial charge in [0.15, 0.2) is 0 Å². The van der Waals surface area contributed by atoms with Crippen LogP contribution in [0.15, 0.2) is 36.7 Å². The molecule has 16 heavy (non-hydrogen) atoms. The highest BCUT2D eigenvalue weighted by atomic mass is 19.1. The lowest BCUT2D eigenvalue weighted by molar-refractivity contribution is 0.624. The van der Waals surface area contributed by atoms with Gasteiger partial charge in [-0.3, -0.25) is 4.68 Å². The Bertz CT molecular complexity index is 459. The number of halogens is 1. The Kier molecular flexibility index (Phi) is 3.01. The molecule has 0 aliphatic carbocycles. The third-order valence-corrected chi connectivity index (χ3v) is 2.44. The average molecular weight is 219 g/mol. The summed E-state index contributed by atoms with van der Waals surface area (Å²) in [6.45, 7) is 2.55. The molecule has 0 bridgehead atoms. The number of rotatable bonds is 3. The first kappa shape index (κ1) is 10.8. The number of hydrogen-bond donors (Lipinski definition) is 1. The van der Waals surface area contributed by atoms with Crippen molar-refractivity contribution >= 4 is 0 Å². The zero-order valence-corrected chi connectivity index (χ0v) is 9.10. The number of nitrogens with zero attached hydrogens (tertiary/aromatic N) is 2. The molecule has 2 rings (SSSR count). The SMILES string of the molecule is CC(N)c1cnn(Cc2ccc(F)cc2)c1. The van der Waals surface area contributed by atoms with Crippen molar-refractivity contribution in [2.75, 3.05) is 0 Å². The smallest absolute Gasteiger partial charge is 0.123 e. The van der Waals surface area contributed by atoms with E-state index in [1.165, 1.54) is 12.1 Å². The first-order valence-corrected chi connectivity index (χ1v) is 5.17. The molecule has 0 aliphatic heterocycles. The van der Waals surface area contributed by atoms with Crippen molar-refractivity contribution in [2.24, 2.45) is 5.73 Å². The molecule has 2 aromatic rings. The quantitative estimate of drug-likeness (QED) is 0.859. The first-order valence-electron chi connectivity index (χ1n) is 5.17. The average Bonchev–Trinajstić information content (AvgIpc) is 2.70. The Morgan fingerprint density at radius 1 is 1.38 bits per heavy atom. The molecule has 1 aromatic heterocycles. The van der Waals surface area contributed by atoms with Gasteiger partial charge in [-0.2, -0.15) is 5.10 Å². The third kappa shape index (κ3) is 2.46. The van der Waals surface area contributed by atoms with Crippen LogP contribution < -0.4 is 5.73 Å². The van der Waals surface area contributed by atoms with Crippen LogP contribution in [0, 0.1) is 5.82 Å². The maximum atomic E-state index is 12.7. The van der Waals surface area contributed by atoms with Crippen LogP contribution in [0.5, 0.6) is 0 Å². The van der Waals surface area contributed by atoms with Crippen LogP contribution >= 0.6 is 0 Å². The fraction of sp³-hybridized carbons (Fsp3) is 0.250. The maximum absolute atomic E-state index is 12.7. The molecule has 0 spiro atoms. The summed E-state index contributed by atoms with van der Waals surface area (Å²) in [5.74, 6) is -0.222. The highest BCUT2D eigenvalue weighted by Gasteiger charge is 2.03. The van der Waals surface area contributed by atoms with E-state index in [9.17, 15) is 4.39 Å². The summed E-state index contributed by atoms with van der Waals surface area (Å²) in [7, 11) is 0. The van der Waals surface area contributed by atoms with E-state index >= 15 is 0 Å². The normalized spacial score (nSPS) is 12.7. The van der Waals surface area contributed by atoms with E-state index in [1.54, 1.807) is 23.0 Å². The molecule has 2 N–H and O–H groups in total. The molecule has 1 aromatic carbocycles. The van der Waals surface area contributed by atoms with E-state index in [2.05, 4.69) is 5.10 Å². The third-order valence-electron chi connectivity index (χ3n) is 2.44. The van der Waals surface area contributed by atoms with Crippen LogP contribution in [0.4, 0.5) is 4.39 Å². The summed E-state index contributed by atoms with van der Waals surface area (Å²) in [4.78, 5) is 0. The van der Waals surface area contributed by atoms with Crippen LogP contribution in [0.1, 0.15) is 24.1 Å². The molecule has 1 heterocycles. The van der Waals surface area contributed by atoms with Crippen LogP contribution in [0.25, 0.3) is 0 Å². The number of aromatic nitrogens is 2. The van der Waals surface area contributed by atoms with E-state index in [0.29, 0.717) is 6.54 Å². The molecule has 0 radical (unpaired) electrons. The van der Waals surface area contributed by atoms with E-state index in [4.69, 9.17) is 5.73 Å². The summed E-state index contributed by atoms with van der Waals surface area (Å²) in [5, 5.41) is 4.20. The molecule has 0 saturated heterocycles. The van der Waals surface area contributed by atoms with Crippen molar-refractivity contribution in [3.63, 3.8) is 0 Å². The monoisotopic (exact) mass is 219 g/mol. The lowest BCUT2D eigenvalue weighted by Crippen LogP contribution is -2.04. The minimum Gasteiger partial charge on any atom is -0.324 e. The standard InChI is InChI=1S/C12H14FN3/c1-9(14)11-6-15-16(8-11)7-10-2-4-12(13)5-3-10/h2-6,8-9H,7,14H2,1H3. The fourth-order valence-corrected chi connectivity index (χ4v) is 1.48. The van der Waals surface area contributed by atoms with Crippen LogP contribution in [0.3, 0.4) is 0 Å². The Morgan fingerprint density at radius 3 is 2.62 bits per heavy atom. The molecule has 0 amide bonds. The van der Waals surface area contributed by atoms with Crippen molar-refractivity contribution < 1.29 is 4.39 Å². The van der Waals surface area contributed by atoms with Crippen molar-refractivity contribution in [1.82, 2.24) is 9.78 Å². The molecule has 4 heteroatoms. The Morgan fingerprint density at radius 2 is 2.06 bits per heavy atom. The van der Waals surface area contributed by atoms with Gasteiger partial charge in [0.2, 0.25) is 0 Å². The van der Waals surface area contributed by atoms with Gasteiger partial charge >= 0.3 is 0 Å². The summed E-state index contributed by atoms with van der Waals surface area (Å²) >= 11 is 0. The Balaban J connectivity index is 2.11. The topological polar surface area (TPSA) is 43.8 Å². The van der Waals surface area contributed by atoms with Gasteiger partial charge in [0.1, 0.15) is 5.82 Å². The molecule has 84 valence electrons. The molecule has 3 nitrogen and oxygen atoms in total. The van der Waals surface area contributed by atoms with Crippen molar-refractivity contribution in [3.8, 4) is 0 Å². The van der Waals surface area contributed by atoms with E-state index in [1.807, 2.05) is 13.1 Å². The molecular formula is C12H14FN3.